The minimum atomic E-state index is 0.282. The normalized spacial score (nSPS) is 11.0. The maximum absolute atomic E-state index is 6.08. The molecule has 0 amide bonds. The highest BCUT2D eigenvalue weighted by molar-refractivity contribution is 5.91. The first-order valence-corrected chi connectivity index (χ1v) is 8.44. The predicted molar refractivity (Wildman–Crippen MR) is 105 cm³/mol. The van der Waals surface area contributed by atoms with E-state index >= 15 is 0 Å². The zero-order valence-electron chi connectivity index (χ0n) is 14.5. The molecule has 0 bridgehead atoms. The van der Waals surface area contributed by atoms with E-state index in [9.17, 15) is 0 Å². The van der Waals surface area contributed by atoms with Crippen LogP contribution in [0.25, 0.3) is 0 Å². The number of benzene rings is 3. The van der Waals surface area contributed by atoms with Crippen molar-refractivity contribution in [1.82, 2.24) is 0 Å². The predicted octanol–water partition coefficient (Wildman–Crippen LogP) is 6.05. The lowest BCUT2D eigenvalue weighted by Crippen LogP contribution is -2.12. The van der Waals surface area contributed by atoms with Gasteiger partial charge in [0.1, 0.15) is 5.75 Å². The van der Waals surface area contributed by atoms with Gasteiger partial charge in [-0.3, -0.25) is 4.99 Å². The molecule has 25 heavy (non-hydrogen) atoms. The minimum Gasteiger partial charge on any atom is -0.455 e. The van der Waals surface area contributed by atoms with E-state index in [0.29, 0.717) is 0 Å². The van der Waals surface area contributed by atoms with Crippen molar-refractivity contribution in [3.63, 3.8) is 0 Å². The van der Waals surface area contributed by atoms with Crippen molar-refractivity contribution < 1.29 is 4.74 Å². The maximum Gasteiger partial charge on any atom is 0.151 e. The van der Waals surface area contributed by atoms with Gasteiger partial charge in [0.05, 0.1) is 11.4 Å². The number of hydrogen-bond acceptors (Lipinski definition) is 3. The van der Waals surface area contributed by atoms with Gasteiger partial charge in [0.15, 0.2) is 5.75 Å². The van der Waals surface area contributed by atoms with Gasteiger partial charge < -0.3 is 10.1 Å². The number of aliphatic imine (C=N–C) groups is 1. The van der Waals surface area contributed by atoms with Gasteiger partial charge in [-0.1, -0.05) is 48.5 Å². The molecule has 0 aliphatic carbocycles. The topological polar surface area (TPSA) is 33.6 Å². The van der Waals surface area contributed by atoms with E-state index in [0.717, 1.165) is 28.4 Å². The molecule has 0 saturated carbocycles. The summed E-state index contributed by atoms with van der Waals surface area (Å²) in [5.74, 6) is 1.60. The lowest BCUT2D eigenvalue weighted by atomic mass is 10.1. The standard InChI is InChI=1S/C22H22N2O/c1-17(2)24-22-18(16-23-19-11-5-3-6-12-19)10-9-15-21(22)25-20-13-7-4-8-14-20/h3-17,24H,1-2H3. The van der Waals surface area contributed by atoms with E-state index in [1.54, 1.807) is 0 Å². The molecule has 0 heterocycles. The number of ether oxygens (including phenoxy) is 1. The van der Waals surface area contributed by atoms with Crippen LogP contribution in [-0.2, 0) is 0 Å². The van der Waals surface area contributed by atoms with Crippen molar-refractivity contribution in [1.29, 1.82) is 0 Å². The highest BCUT2D eigenvalue weighted by Crippen LogP contribution is 2.32. The van der Waals surface area contributed by atoms with Gasteiger partial charge in [0, 0.05) is 17.8 Å². The summed E-state index contributed by atoms with van der Waals surface area (Å²) in [5.41, 5.74) is 2.86. The number of nitrogens with zero attached hydrogens (tertiary/aromatic N) is 1. The first-order valence-electron chi connectivity index (χ1n) is 8.44. The fraction of sp³-hybridized carbons (Fsp3) is 0.136. The van der Waals surface area contributed by atoms with E-state index < -0.39 is 0 Å². The molecule has 126 valence electrons. The van der Waals surface area contributed by atoms with E-state index in [1.807, 2.05) is 85.1 Å². The van der Waals surface area contributed by atoms with Gasteiger partial charge in [0.2, 0.25) is 0 Å². The molecule has 3 rings (SSSR count). The molecule has 0 aliphatic heterocycles. The Hall–Kier alpha value is -3.07. The Balaban J connectivity index is 1.94. The summed E-state index contributed by atoms with van der Waals surface area (Å²) in [7, 11) is 0. The zero-order chi connectivity index (χ0) is 17.5. The van der Waals surface area contributed by atoms with Crippen LogP contribution in [0.3, 0.4) is 0 Å². The van der Waals surface area contributed by atoms with Gasteiger partial charge in [-0.15, -0.1) is 0 Å². The summed E-state index contributed by atoms with van der Waals surface area (Å²) in [4.78, 5) is 4.57. The minimum absolute atomic E-state index is 0.282. The average Bonchev–Trinajstić information content (AvgIpc) is 2.63. The van der Waals surface area contributed by atoms with Crippen molar-refractivity contribution in [2.75, 3.05) is 5.32 Å². The number of nitrogens with one attached hydrogen (secondary N) is 1. The SMILES string of the molecule is CC(C)Nc1c(C=Nc2ccccc2)cccc1Oc1ccccc1. The summed E-state index contributed by atoms with van der Waals surface area (Å²) in [6.07, 6.45) is 1.87. The third kappa shape index (κ3) is 4.70. The number of rotatable bonds is 6. The molecular weight excluding hydrogens is 308 g/mol. The molecule has 3 nitrogen and oxygen atoms in total. The fourth-order valence-corrected chi connectivity index (χ4v) is 2.46. The largest absolute Gasteiger partial charge is 0.455 e. The van der Waals surface area contributed by atoms with Crippen LogP contribution in [0, 0.1) is 0 Å². The Bertz CT molecular complexity index is 827. The van der Waals surface area contributed by atoms with Crippen LogP contribution in [0.4, 0.5) is 11.4 Å². The Morgan fingerprint density at radius 3 is 2.20 bits per heavy atom. The second-order valence-corrected chi connectivity index (χ2v) is 6.03. The number of para-hydroxylation sites is 3. The molecule has 0 atom stereocenters. The van der Waals surface area contributed by atoms with E-state index in [4.69, 9.17) is 4.74 Å². The second kappa shape index (κ2) is 8.15. The average molecular weight is 330 g/mol. The van der Waals surface area contributed by atoms with E-state index in [1.165, 1.54) is 0 Å². The van der Waals surface area contributed by atoms with Crippen molar-refractivity contribution >= 4 is 17.6 Å². The molecule has 0 fully saturated rings. The van der Waals surface area contributed by atoms with E-state index in [-0.39, 0.29) is 6.04 Å². The third-order valence-electron chi connectivity index (χ3n) is 3.57. The van der Waals surface area contributed by atoms with Crippen molar-refractivity contribution in [3.8, 4) is 11.5 Å². The second-order valence-electron chi connectivity index (χ2n) is 6.03. The highest BCUT2D eigenvalue weighted by Gasteiger charge is 2.10. The van der Waals surface area contributed by atoms with Crippen LogP contribution >= 0.6 is 0 Å². The molecule has 0 aromatic heterocycles. The van der Waals surface area contributed by atoms with Crippen LogP contribution in [0.2, 0.25) is 0 Å². The van der Waals surface area contributed by atoms with Gasteiger partial charge >= 0.3 is 0 Å². The molecule has 1 N–H and O–H groups in total. The maximum atomic E-state index is 6.08. The quantitative estimate of drug-likeness (QED) is 0.558. The molecule has 0 unspecified atom stereocenters. The fourth-order valence-electron chi connectivity index (χ4n) is 2.46. The number of hydrogen-bond donors (Lipinski definition) is 1. The molecule has 0 spiro atoms. The number of anilines is 1. The van der Waals surface area contributed by atoms with Crippen LogP contribution in [0.5, 0.6) is 11.5 Å². The van der Waals surface area contributed by atoms with Crippen LogP contribution in [0.15, 0.2) is 83.9 Å². The lowest BCUT2D eigenvalue weighted by molar-refractivity contribution is 0.484. The summed E-state index contributed by atoms with van der Waals surface area (Å²) in [6, 6.07) is 26.0. The lowest BCUT2D eigenvalue weighted by Gasteiger charge is -2.17. The Labute approximate surface area is 149 Å². The van der Waals surface area contributed by atoms with Gasteiger partial charge in [0.25, 0.3) is 0 Å². The molecule has 3 aromatic carbocycles. The molecular formula is C22H22N2O. The van der Waals surface area contributed by atoms with Gasteiger partial charge in [-0.25, -0.2) is 0 Å². The molecule has 0 radical (unpaired) electrons. The van der Waals surface area contributed by atoms with Crippen LogP contribution in [-0.4, -0.2) is 12.3 Å². The van der Waals surface area contributed by atoms with Crippen molar-refractivity contribution in [3.05, 3.63) is 84.4 Å². The highest BCUT2D eigenvalue weighted by atomic mass is 16.5. The summed E-state index contributed by atoms with van der Waals surface area (Å²) in [5, 5.41) is 3.48. The Morgan fingerprint density at radius 1 is 0.840 bits per heavy atom. The Morgan fingerprint density at radius 2 is 1.52 bits per heavy atom. The van der Waals surface area contributed by atoms with Gasteiger partial charge in [-0.2, -0.15) is 0 Å². The smallest absolute Gasteiger partial charge is 0.151 e. The summed E-state index contributed by atoms with van der Waals surface area (Å²) >= 11 is 0. The van der Waals surface area contributed by atoms with Crippen LogP contribution in [0.1, 0.15) is 19.4 Å². The summed E-state index contributed by atoms with van der Waals surface area (Å²) < 4.78 is 6.08. The first-order chi connectivity index (χ1) is 12.2. The first kappa shape index (κ1) is 16.8. The van der Waals surface area contributed by atoms with Crippen LogP contribution < -0.4 is 10.1 Å². The monoisotopic (exact) mass is 330 g/mol. The molecule has 0 saturated heterocycles. The summed E-state index contributed by atoms with van der Waals surface area (Å²) in [6.45, 7) is 4.22. The third-order valence-corrected chi connectivity index (χ3v) is 3.57. The molecule has 3 aromatic rings. The van der Waals surface area contributed by atoms with Crippen molar-refractivity contribution in [2.24, 2.45) is 4.99 Å². The molecule has 3 heteroatoms. The van der Waals surface area contributed by atoms with Crippen molar-refractivity contribution in [2.45, 2.75) is 19.9 Å². The Kier molecular flexibility index (Phi) is 5.47. The molecule has 0 aliphatic rings. The van der Waals surface area contributed by atoms with E-state index in [2.05, 4.69) is 24.2 Å². The van der Waals surface area contributed by atoms with Gasteiger partial charge in [-0.05, 0) is 44.2 Å². The zero-order valence-corrected chi connectivity index (χ0v) is 14.5.